The summed E-state index contributed by atoms with van der Waals surface area (Å²) in [5.41, 5.74) is 2.28. The van der Waals surface area contributed by atoms with Gasteiger partial charge in [0, 0.05) is 18.0 Å². The van der Waals surface area contributed by atoms with Gasteiger partial charge >= 0.3 is 0 Å². The van der Waals surface area contributed by atoms with E-state index < -0.39 is 0 Å². The summed E-state index contributed by atoms with van der Waals surface area (Å²) in [5.74, 6) is 2.57. The van der Waals surface area contributed by atoms with Crippen LogP contribution in [0, 0.1) is 5.92 Å². The Labute approximate surface area is 184 Å². The molecule has 0 bridgehead atoms. The van der Waals surface area contributed by atoms with Gasteiger partial charge < -0.3 is 4.74 Å². The molecule has 0 fully saturated rings. The van der Waals surface area contributed by atoms with Crippen LogP contribution in [0.4, 0.5) is 0 Å². The molecule has 0 N–H and O–H groups in total. The Hall–Kier alpha value is -1.90. The molecule has 0 saturated carbocycles. The number of hydrogen-bond donors (Lipinski definition) is 0. The van der Waals surface area contributed by atoms with Crippen LogP contribution in [-0.4, -0.2) is 16.6 Å². The zero-order valence-corrected chi connectivity index (χ0v) is 19.5. The molecular formula is C27H42N2O. The molecular weight excluding hydrogens is 368 g/mol. The molecule has 1 heterocycles. The van der Waals surface area contributed by atoms with E-state index in [-0.39, 0.29) is 0 Å². The zero-order chi connectivity index (χ0) is 21.4. The lowest BCUT2D eigenvalue weighted by Crippen LogP contribution is -1.98. The average Bonchev–Trinajstić information content (AvgIpc) is 2.79. The fourth-order valence-corrected chi connectivity index (χ4v) is 3.61. The molecule has 0 radical (unpaired) electrons. The number of rotatable bonds is 16. The predicted octanol–water partition coefficient (Wildman–Crippen LogP) is 8.03. The molecule has 0 amide bonds. The quantitative estimate of drug-likeness (QED) is 0.263. The molecule has 0 aliphatic carbocycles. The van der Waals surface area contributed by atoms with E-state index in [0.29, 0.717) is 0 Å². The summed E-state index contributed by atoms with van der Waals surface area (Å²) in [7, 11) is 0. The van der Waals surface area contributed by atoms with Crippen molar-refractivity contribution in [2.75, 3.05) is 6.61 Å². The Balaban J connectivity index is 1.67. The largest absolute Gasteiger partial charge is 0.494 e. The van der Waals surface area contributed by atoms with Gasteiger partial charge in [-0.3, -0.25) is 0 Å². The molecule has 1 unspecified atom stereocenters. The first-order chi connectivity index (χ1) is 14.7. The van der Waals surface area contributed by atoms with E-state index >= 15 is 0 Å². The monoisotopic (exact) mass is 410 g/mol. The lowest BCUT2D eigenvalue weighted by Gasteiger charge is -2.09. The summed E-state index contributed by atoms with van der Waals surface area (Å²) >= 11 is 0. The van der Waals surface area contributed by atoms with Gasteiger partial charge in [-0.25, -0.2) is 9.97 Å². The van der Waals surface area contributed by atoms with Crippen LogP contribution in [0.25, 0.3) is 11.4 Å². The second-order valence-electron chi connectivity index (χ2n) is 8.67. The molecule has 2 aromatic rings. The van der Waals surface area contributed by atoms with E-state index in [1.54, 1.807) is 0 Å². The van der Waals surface area contributed by atoms with Crippen LogP contribution < -0.4 is 4.74 Å². The third kappa shape index (κ3) is 9.73. The second kappa shape index (κ2) is 15.0. The highest BCUT2D eigenvalue weighted by Gasteiger charge is 2.03. The molecule has 0 aliphatic rings. The summed E-state index contributed by atoms with van der Waals surface area (Å²) in [6, 6.07) is 8.17. The van der Waals surface area contributed by atoms with E-state index in [1.807, 2.05) is 24.5 Å². The molecule has 30 heavy (non-hydrogen) atoms. The Morgan fingerprint density at radius 3 is 2.17 bits per heavy atom. The van der Waals surface area contributed by atoms with Crippen LogP contribution in [0.3, 0.4) is 0 Å². The average molecular weight is 411 g/mol. The second-order valence-corrected chi connectivity index (χ2v) is 8.67. The van der Waals surface area contributed by atoms with Crippen molar-refractivity contribution in [2.45, 2.75) is 97.8 Å². The van der Waals surface area contributed by atoms with Crippen molar-refractivity contribution >= 4 is 0 Å². The fourth-order valence-electron chi connectivity index (χ4n) is 3.61. The SMILES string of the molecule is CCCCCCCCc1cnc(-c2ccc(OCCCCCC(C)CC)cc2)nc1. The number of unbranched alkanes of at least 4 members (excludes halogenated alkanes) is 7. The molecule has 166 valence electrons. The van der Waals surface area contributed by atoms with Crippen LogP contribution in [0.15, 0.2) is 36.7 Å². The zero-order valence-electron chi connectivity index (χ0n) is 19.5. The van der Waals surface area contributed by atoms with Crippen LogP contribution in [0.1, 0.15) is 97.0 Å². The molecule has 3 nitrogen and oxygen atoms in total. The first kappa shape index (κ1) is 24.4. The first-order valence-electron chi connectivity index (χ1n) is 12.3. The van der Waals surface area contributed by atoms with Gasteiger partial charge in [0.15, 0.2) is 5.82 Å². The molecule has 2 rings (SSSR count). The highest BCUT2D eigenvalue weighted by atomic mass is 16.5. The Kier molecular flexibility index (Phi) is 12.2. The molecule has 3 heteroatoms. The smallest absolute Gasteiger partial charge is 0.159 e. The predicted molar refractivity (Wildman–Crippen MR) is 128 cm³/mol. The van der Waals surface area contributed by atoms with Crippen LogP contribution in [0.2, 0.25) is 0 Å². The van der Waals surface area contributed by atoms with Gasteiger partial charge in [0.05, 0.1) is 6.61 Å². The van der Waals surface area contributed by atoms with E-state index in [9.17, 15) is 0 Å². The number of aromatic nitrogens is 2. The minimum Gasteiger partial charge on any atom is -0.494 e. The Bertz CT molecular complexity index is 666. The standard InChI is InChI=1S/C27H42N2O/c1-4-6-7-8-9-12-15-24-21-28-27(29-22-24)25-16-18-26(19-17-25)30-20-13-10-11-14-23(3)5-2/h16-19,21-23H,4-15,20H2,1-3H3. The van der Waals surface area contributed by atoms with Crippen molar-refractivity contribution in [3.8, 4) is 17.1 Å². The third-order valence-corrected chi connectivity index (χ3v) is 5.94. The van der Waals surface area contributed by atoms with Crippen LogP contribution >= 0.6 is 0 Å². The van der Waals surface area contributed by atoms with Crippen molar-refractivity contribution in [1.29, 1.82) is 0 Å². The van der Waals surface area contributed by atoms with Gasteiger partial charge in [0.1, 0.15) is 5.75 Å². The molecule has 1 atom stereocenters. The van der Waals surface area contributed by atoms with Gasteiger partial charge in [-0.05, 0) is 55.0 Å². The van der Waals surface area contributed by atoms with E-state index in [4.69, 9.17) is 4.74 Å². The fraction of sp³-hybridized carbons (Fsp3) is 0.630. The van der Waals surface area contributed by atoms with Crippen LogP contribution in [-0.2, 0) is 6.42 Å². The maximum absolute atomic E-state index is 5.89. The number of nitrogens with zero attached hydrogens (tertiary/aromatic N) is 2. The first-order valence-corrected chi connectivity index (χ1v) is 12.3. The Morgan fingerprint density at radius 2 is 1.47 bits per heavy atom. The van der Waals surface area contributed by atoms with Gasteiger partial charge in [-0.1, -0.05) is 78.6 Å². The van der Waals surface area contributed by atoms with Crippen molar-refractivity contribution in [3.05, 3.63) is 42.2 Å². The summed E-state index contributed by atoms with van der Waals surface area (Å²) in [6.07, 6.45) is 19.3. The third-order valence-electron chi connectivity index (χ3n) is 5.94. The van der Waals surface area contributed by atoms with Crippen LogP contribution in [0.5, 0.6) is 5.75 Å². The lowest BCUT2D eigenvalue weighted by molar-refractivity contribution is 0.302. The summed E-state index contributed by atoms with van der Waals surface area (Å²) < 4.78 is 5.89. The van der Waals surface area contributed by atoms with Gasteiger partial charge in [-0.2, -0.15) is 0 Å². The number of ether oxygens (including phenoxy) is 1. The van der Waals surface area contributed by atoms with Gasteiger partial charge in [0.2, 0.25) is 0 Å². The van der Waals surface area contributed by atoms with Crippen molar-refractivity contribution in [1.82, 2.24) is 9.97 Å². The molecule has 0 saturated heterocycles. The van der Waals surface area contributed by atoms with E-state index in [2.05, 4.69) is 42.9 Å². The molecule has 1 aromatic carbocycles. The van der Waals surface area contributed by atoms with E-state index in [0.717, 1.165) is 42.5 Å². The molecule has 0 aliphatic heterocycles. The lowest BCUT2D eigenvalue weighted by atomic mass is 10.0. The molecule has 0 spiro atoms. The molecule has 1 aromatic heterocycles. The topological polar surface area (TPSA) is 35.0 Å². The van der Waals surface area contributed by atoms with E-state index in [1.165, 1.54) is 69.8 Å². The highest BCUT2D eigenvalue weighted by Crippen LogP contribution is 2.20. The maximum atomic E-state index is 5.89. The summed E-state index contributed by atoms with van der Waals surface area (Å²) in [6.45, 7) is 7.66. The van der Waals surface area contributed by atoms with Gasteiger partial charge in [0.25, 0.3) is 0 Å². The number of hydrogen-bond acceptors (Lipinski definition) is 3. The van der Waals surface area contributed by atoms with Crippen molar-refractivity contribution < 1.29 is 4.74 Å². The van der Waals surface area contributed by atoms with Gasteiger partial charge in [-0.15, -0.1) is 0 Å². The highest BCUT2D eigenvalue weighted by molar-refractivity contribution is 5.55. The summed E-state index contributed by atoms with van der Waals surface area (Å²) in [4.78, 5) is 9.14. The normalized spacial score (nSPS) is 12.1. The maximum Gasteiger partial charge on any atom is 0.159 e. The Morgan fingerprint density at radius 1 is 0.800 bits per heavy atom. The van der Waals surface area contributed by atoms with Crippen molar-refractivity contribution in [3.63, 3.8) is 0 Å². The summed E-state index contributed by atoms with van der Waals surface area (Å²) in [5, 5.41) is 0. The number of aryl methyl sites for hydroxylation is 1. The van der Waals surface area contributed by atoms with Crippen molar-refractivity contribution in [2.24, 2.45) is 5.92 Å². The minimum absolute atomic E-state index is 0.790. The minimum atomic E-state index is 0.790. The number of benzene rings is 1.